The largest absolute Gasteiger partial charge is 0.471 e. The zero-order valence-corrected chi connectivity index (χ0v) is 12.8. The summed E-state index contributed by atoms with van der Waals surface area (Å²) in [6.45, 7) is 4.31. The number of rotatable bonds is 5. The van der Waals surface area contributed by atoms with Crippen molar-refractivity contribution < 1.29 is 4.74 Å². The van der Waals surface area contributed by atoms with Crippen molar-refractivity contribution in [2.45, 2.75) is 32.9 Å². The number of aromatic nitrogens is 2. The Kier molecular flexibility index (Phi) is 4.71. The van der Waals surface area contributed by atoms with Gasteiger partial charge in [-0.1, -0.05) is 30.7 Å². The highest BCUT2D eigenvalue weighted by Crippen LogP contribution is 2.27. The molecule has 0 aliphatic rings. The molecule has 1 heterocycles. The van der Waals surface area contributed by atoms with Gasteiger partial charge in [0.25, 0.3) is 5.88 Å². The first-order valence-corrected chi connectivity index (χ1v) is 7.10. The number of nitrogens with two attached hydrogens (primary N) is 1. The van der Waals surface area contributed by atoms with Crippen molar-refractivity contribution in [3.63, 3.8) is 0 Å². The van der Waals surface area contributed by atoms with E-state index in [-0.39, 0.29) is 24.1 Å². The van der Waals surface area contributed by atoms with Gasteiger partial charge in [0.15, 0.2) is 5.56 Å². The van der Waals surface area contributed by atoms with Gasteiger partial charge < -0.3 is 10.5 Å². The summed E-state index contributed by atoms with van der Waals surface area (Å²) in [6.07, 6.45) is 0.866. The zero-order chi connectivity index (χ0) is 15.4. The SMILES string of the molecule is CC[C@@H](C)n1nc(OCc2cccc(Cl)c2)c(C#N)c1N. The maximum atomic E-state index is 9.22. The lowest BCUT2D eigenvalue weighted by atomic mass is 10.2. The van der Waals surface area contributed by atoms with Crippen LogP contribution in [0.3, 0.4) is 0 Å². The van der Waals surface area contributed by atoms with Gasteiger partial charge in [-0.05, 0) is 31.0 Å². The summed E-state index contributed by atoms with van der Waals surface area (Å²) >= 11 is 5.93. The van der Waals surface area contributed by atoms with E-state index in [1.807, 2.05) is 32.0 Å². The lowest BCUT2D eigenvalue weighted by Crippen LogP contribution is -2.09. The summed E-state index contributed by atoms with van der Waals surface area (Å²) in [6, 6.07) is 9.51. The Bertz CT molecular complexity index is 675. The van der Waals surface area contributed by atoms with Crippen molar-refractivity contribution in [1.82, 2.24) is 9.78 Å². The molecule has 1 atom stereocenters. The number of anilines is 1. The fraction of sp³-hybridized carbons (Fsp3) is 0.333. The minimum absolute atomic E-state index is 0.112. The Morgan fingerprint density at radius 1 is 1.52 bits per heavy atom. The van der Waals surface area contributed by atoms with Gasteiger partial charge >= 0.3 is 0 Å². The maximum absolute atomic E-state index is 9.22. The van der Waals surface area contributed by atoms with Crippen LogP contribution in [0.25, 0.3) is 0 Å². The van der Waals surface area contributed by atoms with Gasteiger partial charge in [-0.15, -0.1) is 5.10 Å². The standard InChI is InChI=1S/C15H17ClN4O/c1-3-10(2)20-14(18)13(8-17)15(19-20)21-9-11-5-4-6-12(16)7-11/h4-7,10H,3,9,18H2,1-2H3/t10-/m1/s1. The van der Waals surface area contributed by atoms with Gasteiger partial charge in [0.1, 0.15) is 18.5 Å². The van der Waals surface area contributed by atoms with Crippen LogP contribution in [0.15, 0.2) is 24.3 Å². The molecule has 5 nitrogen and oxygen atoms in total. The summed E-state index contributed by atoms with van der Waals surface area (Å²) in [5.41, 5.74) is 7.14. The number of hydrogen-bond acceptors (Lipinski definition) is 4. The van der Waals surface area contributed by atoms with Crippen LogP contribution >= 0.6 is 11.6 Å². The molecule has 0 radical (unpaired) electrons. The molecular weight excluding hydrogens is 288 g/mol. The highest BCUT2D eigenvalue weighted by molar-refractivity contribution is 6.30. The molecule has 0 aliphatic carbocycles. The van der Waals surface area contributed by atoms with Crippen LogP contribution in [0, 0.1) is 11.3 Å². The molecule has 1 aromatic carbocycles. The van der Waals surface area contributed by atoms with Crippen LogP contribution in [0.2, 0.25) is 5.02 Å². The summed E-state index contributed by atoms with van der Waals surface area (Å²) in [7, 11) is 0. The van der Waals surface area contributed by atoms with Crippen molar-refractivity contribution >= 4 is 17.4 Å². The molecule has 110 valence electrons. The van der Waals surface area contributed by atoms with Crippen LogP contribution in [-0.2, 0) is 6.61 Å². The lowest BCUT2D eigenvalue weighted by Gasteiger charge is -2.10. The smallest absolute Gasteiger partial charge is 0.253 e. The normalized spacial score (nSPS) is 11.9. The monoisotopic (exact) mass is 304 g/mol. The zero-order valence-electron chi connectivity index (χ0n) is 12.0. The fourth-order valence-electron chi connectivity index (χ4n) is 1.92. The molecule has 0 aliphatic heterocycles. The summed E-state index contributed by atoms with van der Waals surface area (Å²) in [4.78, 5) is 0. The maximum Gasteiger partial charge on any atom is 0.253 e. The average molecular weight is 305 g/mol. The van der Waals surface area contributed by atoms with E-state index in [2.05, 4.69) is 11.2 Å². The van der Waals surface area contributed by atoms with Gasteiger partial charge in [-0.2, -0.15) is 5.26 Å². The average Bonchev–Trinajstić information content (AvgIpc) is 2.80. The van der Waals surface area contributed by atoms with E-state index in [1.54, 1.807) is 10.7 Å². The summed E-state index contributed by atoms with van der Waals surface area (Å²) in [5, 5.41) is 14.2. The molecular formula is C15H17ClN4O. The highest BCUT2D eigenvalue weighted by Gasteiger charge is 2.19. The Balaban J connectivity index is 2.22. The number of hydrogen-bond donors (Lipinski definition) is 1. The second-order valence-corrected chi connectivity index (χ2v) is 5.23. The van der Waals surface area contributed by atoms with Crippen LogP contribution in [0.5, 0.6) is 5.88 Å². The Labute approximate surface area is 128 Å². The Morgan fingerprint density at radius 3 is 2.90 bits per heavy atom. The van der Waals surface area contributed by atoms with Gasteiger partial charge in [-0.25, -0.2) is 4.68 Å². The fourth-order valence-corrected chi connectivity index (χ4v) is 2.13. The van der Waals surface area contributed by atoms with Crippen LogP contribution in [-0.4, -0.2) is 9.78 Å². The van der Waals surface area contributed by atoms with Crippen molar-refractivity contribution in [3.8, 4) is 11.9 Å². The van der Waals surface area contributed by atoms with Gasteiger partial charge in [0.05, 0.1) is 6.04 Å². The van der Waals surface area contributed by atoms with Crippen LogP contribution in [0.1, 0.15) is 37.4 Å². The van der Waals surface area contributed by atoms with E-state index in [9.17, 15) is 5.26 Å². The van der Waals surface area contributed by atoms with Crippen molar-refractivity contribution in [2.24, 2.45) is 0 Å². The van der Waals surface area contributed by atoms with E-state index in [0.717, 1.165) is 12.0 Å². The summed E-state index contributed by atoms with van der Waals surface area (Å²) < 4.78 is 7.26. The van der Waals surface area contributed by atoms with Gasteiger partial charge in [0.2, 0.25) is 0 Å². The third kappa shape index (κ3) is 3.29. The second kappa shape index (κ2) is 6.51. The molecule has 0 saturated carbocycles. The van der Waals surface area contributed by atoms with E-state index >= 15 is 0 Å². The van der Waals surface area contributed by atoms with Crippen molar-refractivity contribution in [2.75, 3.05) is 5.73 Å². The number of nitriles is 1. The number of ether oxygens (including phenoxy) is 1. The highest BCUT2D eigenvalue weighted by atomic mass is 35.5. The van der Waals surface area contributed by atoms with Crippen LogP contribution in [0.4, 0.5) is 5.82 Å². The topological polar surface area (TPSA) is 76.9 Å². The van der Waals surface area contributed by atoms with E-state index in [1.165, 1.54) is 0 Å². The van der Waals surface area contributed by atoms with E-state index < -0.39 is 0 Å². The molecule has 0 amide bonds. The first-order chi connectivity index (χ1) is 10.1. The molecule has 1 aromatic heterocycles. The predicted octanol–water partition coefficient (Wildman–Crippen LogP) is 3.54. The molecule has 0 unspecified atom stereocenters. The number of nitrogen functional groups attached to an aromatic ring is 1. The lowest BCUT2D eigenvalue weighted by molar-refractivity contribution is 0.286. The van der Waals surface area contributed by atoms with Crippen molar-refractivity contribution in [1.29, 1.82) is 5.26 Å². The van der Waals surface area contributed by atoms with E-state index in [4.69, 9.17) is 22.1 Å². The third-order valence-electron chi connectivity index (χ3n) is 3.30. The molecule has 0 saturated heterocycles. The quantitative estimate of drug-likeness (QED) is 0.916. The molecule has 2 aromatic rings. The molecule has 0 bridgehead atoms. The molecule has 0 fully saturated rings. The van der Waals surface area contributed by atoms with Gasteiger partial charge in [0, 0.05) is 5.02 Å². The molecule has 0 spiro atoms. The molecule has 2 N–H and O–H groups in total. The summed E-state index contributed by atoms with van der Waals surface area (Å²) in [5.74, 6) is 0.600. The number of nitrogens with zero attached hydrogens (tertiary/aromatic N) is 3. The van der Waals surface area contributed by atoms with Gasteiger partial charge in [-0.3, -0.25) is 0 Å². The Morgan fingerprint density at radius 2 is 2.29 bits per heavy atom. The van der Waals surface area contributed by atoms with E-state index in [0.29, 0.717) is 10.8 Å². The molecule has 21 heavy (non-hydrogen) atoms. The predicted molar refractivity (Wildman–Crippen MR) is 82.1 cm³/mol. The molecule has 6 heteroatoms. The second-order valence-electron chi connectivity index (χ2n) is 4.80. The third-order valence-corrected chi connectivity index (χ3v) is 3.54. The number of benzene rings is 1. The number of halogens is 1. The van der Waals surface area contributed by atoms with Crippen LogP contribution < -0.4 is 10.5 Å². The first-order valence-electron chi connectivity index (χ1n) is 6.72. The minimum Gasteiger partial charge on any atom is -0.471 e. The molecule has 2 rings (SSSR count). The minimum atomic E-state index is 0.112. The van der Waals surface area contributed by atoms with Crippen molar-refractivity contribution in [3.05, 3.63) is 40.4 Å². The first kappa shape index (κ1) is 15.2. The Hall–Kier alpha value is -2.19.